The van der Waals surface area contributed by atoms with E-state index in [0.29, 0.717) is 18.0 Å². The number of carbonyl (C=O) groups is 1. The van der Waals surface area contributed by atoms with Gasteiger partial charge in [0.25, 0.3) is 5.91 Å². The fraction of sp³-hybridized carbons (Fsp3) is 0.321. The Morgan fingerprint density at radius 3 is 2.92 bits per heavy atom. The van der Waals surface area contributed by atoms with Gasteiger partial charge in [-0.25, -0.2) is 9.97 Å². The van der Waals surface area contributed by atoms with Crippen LogP contribution in [0.1, 0.15) is 45.1 Å². The Morgan fingerprint density at radius 1 is 1.22 bits per heavy atom. The lowest BCUT2D eigenvalue weighted by atomic mass is 9.96. The van der Waals surface area contributed by atoms with Gasteiger partial charge < -0.3 is 20.3 Å². The molecule has 1 unspecified atom stereocenters. The van der Waals surface area contributed by atoms with Gasteiger partial charge in [0.05, 0.1) is 35.4 Å². The van der Waals surface area contributed by atoms with Crippen LogP contribution in [0.15, 0.2) is 48.8 Å². The van der Waals surface area contributed by atoms with Crippen molar-refractivity contribution in [2.45, 2.75) is 32.4 Å². The van der Waals surface area contributed by atoms with Gasteiger partial charge in [-0.3, -0.25) is 9.20 Å². The van der Waals surface area contributed by atoms with E-state index < -0.39 is 0 Å². The molecule has 36 heavy (non-hydrogen) atoms. The third-order valence-electron chi connectivity index (χ3n) is 7.08. The van der Waals surface area contributed by atoms with Crippen LogP contribution in [-0.2, 0) is 17.8 Å². The van der Waals surface area contributed by atoms with Crippen molar-refractivity contribution in [1.82, 2.24) is 24.6 Å². The van der Waals surface area contributed by atoms with Crippen LogP contribution in [0.3, 0.4) is 0 Å². The summed E-state index contributed by atoms with van der Waals surface area (Å²) in [6.07, 6.45) is 4.92. The molecule has 0 bridgehead atoms. The van der Waals surface area contributed by atoms with Crippen LogP contribution >= 0.6 is 0 Å². The number of benzene rings is 1. The first-order valence-corrected chi connectivity index (χ1v) is 12.4. The van der Waals surface area contributed by atoms with Gasteiger partial charge >= 0.3 is 0 Å². The topological polar surface area (TPSA) is 83.8 Å². The fourth-order valence-electron chi connectivity index (χ4n) is 5.34. The van der Waals surface area contributed by atoms with Crippen LogP contribution in [0.4, 0.5) is 11.5 Å². The summed E-state index contributed by atoms with van der Waals surface area (Å²) in [6.45, 7) is 4.82. The minimum atomic E-state index is -0.0763. The summed E-state index contributed by atoms with van der Waals surface area (Å²) in [6, 6.07) is 12.3. The molecule has 1 amide bonds. The molecular weight excluding hydrogens is 452 g/mol. The van der Waals surface area contributed by atoms with Gasteiger partial charge in [0.2, 0.25) is 0 Å². The lowest BCUT2D eigenvalue weighted by molar-refractivity contribution is 0.0966. The zero-order valence-corrected chi connectivity index (χ0v) is 20.8. The Hall–Kier alpha value is -3.75. The van der Waals surface area contributed by atoms with Crippen molar-refractivity contribution >= 4 is 23.1 Å². The van der Waals surface area contributed by atoms with Gasteiger partial charge in [-0.1, -0.05) is 18.2 Å². The van der Waals surface area contributed by atoms with Crippen LogP contribution in [-0.4, -0.2) is 52.5 Å². The summed E-state index contributed by atoms with van der Waals surface area (Å²) in [5, 5.41) is 6.45. The van der Waals surface area contributed by atoms with Crippen LogP contribution in [0, 0.1) is 6.92 Å². The molecule has 4 aromatic rings. The number of imidazole rings is 1. The lowest BCUT2D eigenvalue weighted by Crippen LogP contribution is -2.16. The molecular formula is C28H30N6O2. The second kappa shape index (κ2) is 9.04. The number of amides is 1. The molecule has 0 saturated carbocycles. The second-order valence-electron chi connectivity index (χ2n) is 9.88. The molecule has 0 aliphatic carbocycles. The molecule has 1 saturated heterocycles. The maximum atomic E-state index is 12.9. The van der Waals surface area contributed by atoms with Crippen LogP contribution in [0.5, 0.6) is 0 Å². The molecule has 184 valence electrons. The van der Waals surface area contributed by atoms with Crippen molar-refractivity contribution in [2.24, 2.45) is 0 Å². The van der Waals surface area contributed by atoms with Crippen molar-refractivity contribution in [3.05, 3.63) is 76.7 Å². The molecule has 2 aliphatic rings. The summed E-state index contributed by atoms with van der Waals surface area (Å²) >= 11 is 0. The van der Waals surface area contributed by atoms with Crippen LogP contribution in [0.2, 0.25) is 0 Å². The summed E-state index contributed by atoms with van der Waals surface area (Å²) < 4.78 is 7.71. The number of nitrogens with zero attached hydrogens (tertiary/aromatic N) is 4. The summed E-state index contributed by atoms with van der Waals surface area (Å²) in [5.41, 5.74) is 8.70. The van der Waals surface area contributed by atoms with Gasteiger partial charge in [-0.05, 0) is 62.3 Å². The van der Waals surface area contributed by atoms with Gasteiger partial charge in [-0.15, -0.1) is 0 Å². The first-order chi connectivity index (χ1) is 17.5. The standard InChI is InChI=1S/C28H30N6O2/c1-17-5-4-11-34-24(14-29-27(17)34)20-6-8-22(26-21(20)13-30-28(26)35)31-25-9-7-19(18-10-12-36-16-18)23(32-25)15-33(2)3/h4-9,11,14,18H,10,12-13,15-16H2,1-3H3,(H,30,35)(H,31,32). The molecule has 1 fully saturated rings. The molecule has 0 radical (unpaired) electrons. The van der Waals surface area contributed by atoms with Gasteiger partial charge in [0.1, 0.15) is 11.5 Å². The molecule has 5 heterocycles. The van der Waals surface area contributed by atoms with Crippen molar-refractivity contribution < 1.29 is 9.53 Å². The summed E-state index contributed by atoms with van der Waals surface area (Å²) in [7, 11) is 4.10. The highest BCUT2D eigenvalue weighted by atomic mass is 16.5. The first-order valence-electron chi connectivity index (χ1n) is 12.4. The van der Waals surface area contributed by atoms with Gasteiger partial charge in [0, 0.05) is 37.4 Å². The average molecular weight is 483 g/mol. The Balaban J connectivity index is 1.38. The largest absolute Gasteiger partial charge is 0.381 e. The Labute approximate surface area is 210 Å². The van der Waals surface area contributed by atoms with E-state index in [0.717, 1.165) is 71.4 Å². The number of anilines is 2. The molecule has 1 aromatic carbocycles. The minimum absolute atomic E-state index is 0.0763. The number of aromatic nitrogens is 3. The number of aryl methyl sites for hydroxylation is 1. The predicted molar refractivity (Wildman–Crippen MR) is 140 cm³/mol. The van der Waals surface area contributed by atoms with E-state index in [-0.39, 0.29) is 5.91 Å². The number of fused-ring (bicyclic) bond motifs is 2. The van der Waals surface area contributed by atoms with E-state index in [1.165, 1.54) is 5.56 Å². The summed E-state index contributed by atoms with van der Waals surface area (Å²) in [5.74, 6) is 1.03. The third-order valence-corrected chi connectivity index (χ3v) is 7.08. The SMILES string of the molecule is Cc1cccn2c(-c3ccc(Nc4ccc(C5CCOC5)c(CN(C)C)n4)c4c3CNC4=O)cnc12. The predicted octanol–water partition coefficient (Wildman–Crippen LogP) is 4.26. The molecule has 3 aromatic heterocycles. The molecule has 8 heteroatoms. The van der Waals surface area contributed by atoms with Crippen molar-refractivity contribution in [3.63, 3.8) is 0 Å². The van der Waals surface area contributed by atoms with Crippen molar-refractivity contribution in [2.75, 3.05) is 32.6 Å². The van der Waals surface area contributed by atoms with E-state index in [2.05, 4.69) is 50.0 Å². The summed E-state index contributed by atoms with van der Waals surface area (Å²) in [4.78, 5) is 24.7. The number of rotatable bonds is 6. The van der Waals surface area contributed by atoms with E-state index in [4.69, 9.17) is 9.72 Å². The maximum absolute atomic E-state index is 12.9. The zero-order valence-electron chi connectivity index (χ0n) is 20.8. The molecule has 1 atom stereocenters. The Morgan fingerprint density at radius 2 is 2.11 bits per heavy atom. The first kappa shape index (κ1) is 22.7. The number of pyridine rings is 2. The highest BCUT2D eigenvalue weighted by Gasteiger charge is 2.28. The number of hydrogen-bond donors (Lipinski definition) is 2. The average Bonchev–Trinajstić information content (AvgIpc) is 3.60. The minimum Gasteiger partial charge on any atom is -0.381 e. The molecule has 0 spiro atoms. The number of nitrogens with one attached hydrogen (secondary N) is 2. The van der Waals surface area contributed by atoms with E-state index in [9.17, 15) is 4.79 Å². The van der Waals surface area contributed by atoms with Crippen LogP contribution < -0.4 is 10.6 Å². The van der Waals surface area contributed by atoms with Gasteiger partial charge in [-0.2, -0.15) is 0 Å². The highest BCUT2D eigenvalue weighted by molar-refractivity contribution is 6.06. The molecule has 6 rings (SSSR count). The number of hydrogen-bond acceptors (Lipinski definition) is 6. The maximum Gasteiger partial charge on any atom is 0.254 e. The molecule has 2 aliphatic heterocycles. The highest BCUT2D eigenvalue weighted by Crippen LogP contribution is 2.36. The van der Waals surface area contributed by atoms with Crippen molar-refractivity contribution in [3.8, 4) is 11.3 Å². The van der Waals surface area contributed by atoms with E-state index >= 15 is 0 Å². The fourth-order valence-corrected chi connectivity index (χ4v) is 5.34. The second-order valence-corrected chi connectivity index (χ2v) is 9.88. The smallest absolute Gasteiger partial charge is 0.254 e. The monoisotopic (exact) mass is 482 g/mol. The Bertz CT molecular complexity index is 1470. The number of ether oxygens (including phenoxy) is 1. The normalized spacial score (nSPS) is 17.1. The van der Waals surface area contributed by atoms with Crippen molar-refractivity contribution in [1.29, 1.82) is 0 Å². The number of carbonyl (C=O) groups excluding carboxylic acids is 1. The zero-order chi connectivity index (χ0) is 24.8. The third kappa shape index (κ3) is 3.92. The lowest BCUT2D eigenvalue weighted by Gasteiger charge is -2.19. The molecule has 2 N–H and O–H groups in total. The van der Waals surface area contributed by atoms with E-state index in [1.54, 1.807) is 0 Å². The Kier molecular flexibility index (Phi) is 5.70. The quantitative estimate of drug-likeness (QED) is 0.427. The van der Waals surface area contributed by atoms with E-state index in [1.807, 2.05) is 44.7 Å². The van der Waals surface area contributed by atoms with Crippen LogP contribution in [0.25, 0.3) is 16.9 Å². The van der Waals surface area contributed by atoms with Gasteiger partial charge in [0.15, 0.2) is 0 Å². The molecule has 8 nitrogen and oxygen atoms in total.